The van der Waals surface area contributed by atoms with E-state index in [1.807, 2.05) is 13.8 Å². The van der Waals surface area contributed by atoms with E-state index in [0.29, 0.717) is 19.5 Å². The molecule has 2 unspecified atom stereocenters. The van der Waals surface area contributed by atoms with Gasteiger partial charge in [-0.2, -0.15) is 0 Å². The smallest absolute Gasteiger partial charge is 0.320 e. The van der Waals surface area contributed by atoms with E-state index in [1.54, 1.807) is 9.80 Å². The highest BCUT2D eigenvalue weighted by Gasteiger charge is 2.40. The fraction of sp³-hybridized carbons (Fsp3) is 0.786. The van der Waals surface area contributed by atoms with Crippen molar-refractivity contribution in [1.29, 1.82) is 0 Å². The van der Waals surface area contributed by atoms with Crippen molar-refractivity contribution in [3.8, 4) is 0 Å². The predicted octanol–water partition coefficient (Wildman–Crippen LogP) is 0.345. The van der Waals surface area contributed by atoms with Gasteiger partial charge in [-0.3, -0.25) is 9.59 Å². The average Bonchev–Trinajstić information content (AvgIpc) is 2.80. The molecule has 3 amide bonds. The number of rotatable bonds is 2. The summed E-state index contributed by atoms with van der Waals surface area (Å²) >= 11 is 0. The third kappa shape index (κ3) is 3.11. The predicted molar refractivity (Wildman–Crippen MR) is 75.3 cm³/mol. The Kier molecular flexibility index (Phi) is 4.39. The second-order valence-electron chi connectivity index (χ2n) is 6.29. The van der Waals surface area contributed by atoms with E-state index >= 15 is 0 Å². The molecule has 2 aliphatic heterocycles. The molecule has 21 heavy (non-hydrogen) atoms. The fourth-order valence-electron chi connectivity index (χ4n) is 3.23. The molecule has 7 heteroatoms. The second-order valence-corrected chi connectivity index (χ2v) is 6.29. The number of carbonyl (C=O) groups excluding carboxylic acids is 2. The molecule has 2 rings (SSSR count). The highest BCUT2D eigenvalue weighted by atomic mass is 16.4. The lowest BCUT2D eigenvalue weighted by Crippen LogP contribution is -2.53. The maximum Gasteiger partial charge on any atom is 0.320 e. The van der Waals surface area contributed by atoms with E-state index in [9.17, 15) is 14.4 Å². The SMILES string of the molecule is CC1CCC(C(N)=O)CN1C(=O)N1C[C@@H](C)[C@H](C(=O)O)C1. The summed E-state index contributed by atoms with van der Waals surface area (Å²) in [7, 11) is 0. The second kappa shape index (κ2) is 5.91. The van der Waals surface area contributed by atoms with Crippen LogP contribution in [0.25, 0.3) is 0 Å². The fourth-order valence-corrected chi connectivity index (χ4v) is 3.23. The van der Waals surface area contributed by atoms with Crippen molar-refractivity contribution in [1.82, 2.24) is 9.80 Å². The number of nitrogens with two attached hydrogens (primary N) is 1. The number of carboxylic acid groups (broad SMARTS) is 1. The Hall–Kier alpha value is -1.79. The number of primary amides is 1. The summed E-state index contributed by atoms with van der Waals surface area (Å²) < 4.78 is 0. The molecular formula is C14H23N3O4. The van der Waals surface area contributed by atoms with Crippen LogP contribution in [-0.2, 0) is 9.59 Å². The van der Waals surface area contributed by atoms with Crippen molar-refractivity contribution in [2.24, 2.45) is 23.5 Å². The van der Waals surface area contributed by atoms with E-state index in [2.05, 4.69) is 0 Å². The van der Waals surface area contributed by atoms with Crippen LogP contribution in [0.15, 0.2) is 0 Å². The zero-order valence-corrected chi connectivity index (χ0v) is 12.5. The van der Waals surface area contributed by atoms with Gasteiger partial charge in [-0.05, 0) is 25.7 Å². The van der Waals surface area contributed by atoms with Crippen LogP contribution in [-0.4, -0.2) is 58.5 Å². The molecule has 0 aromatic heterocycles. The third-order valence-corrected chi connectivity index (χ3v) is 4.73. The number of aliphatic carboxylic acids is 1. The van der Waals surface area contributed by atoms with Gasteiger partial charge in [-0.1, -0.05) is 6.92 Å². The maximum atomic E-state index is 12.6. The van der Waals surface area contributed by atoms with Gasteiger partial charge in [0, 0.05) is 25.7 Å². The van der Waals surface area contributed by atoms with Gasteiger partial charge < -0.3 is 20.6 Å². The summed E-state index contributed by atoms with van der Waals surface area (Å²) in [5.74, 6) is -2.11. The van der Waals surface area contributed by atoms with Crippen molar-refractivity contribution < 1.29 is 19.5 Å². The molecule has 2 saturated heterocycles. The Balaban J connectivity index is 2.05. The zero-order valence-electron chi connectivity index (χ0n) is 12.5. The summed E-state index contributed by atoms with van der Waals surface area (Å²) in [5.41, 5.74) is 5.34. The first-order valence-corrected chi connectivity index (χ1v) is 7.39. The Morgan fingerprint density at radius 1 is 1.10 bits per heavy atom. The Labute approximate surface area is 124 Å². The third-order valence-electron chi connectivity index (χ3n) is 4.73. The van der Waals surface area contributed by atoms with Gasteiger partial charge in [-0.25, -0.2) is 4.79 Å². The molecule has 0 saturated carbocycles. The van der Waals surface area contributed by atoms with Gasteiger partial charge >= 0.3 is 12.0 Å². The highest BCUT2D eigenvalue weighted by molar-refractivity contribution is 5.80. The molecule has 0 aromatic carbocycles. The van der Waals surface area contributed by atoms with E-state index in [-0.39, 0.29) is 36.4 Å². The lowest BCUT2D eigenvalue weighted by molar-refractivity contribution is -0.142. The molecule has 2 aliphatic rings. The van der Waals surface area contributed by atoms with E-state index in [1.165, 1.54) is 0 Å². The van der Waals surface area contributed by atoms with Crippen molar-refractivity contribution in [3.63, 3.8) is 0 Å². The largest absolute Gasteiger partial charge is 0.481 e. The van der Waals surface area contributed by atoms with Crippen LogP contribution in [0.4, 0.5) is 4.79 Å². The van der Waals surface area contributed by atoms with Crippen LogP contribution in [0.2, 0.25) is 0 Å². The number of urea groups is 1. The van der Waals surface area contributed by atoms with Crippen molar-refractivity contribution in [2.45, 2.75) is 32.7 Å². The van der Waals surface area contributed by atoms with Crippen LogP contribution in [0, 0.1) is 17.8 Å². The molecule has 0 bridgehead atoms. The quantitative estimate of drug-likeness (QED) is 0.767. The molecule has 3 N–H and O–H groups in total. The molecule has 0 aliphatic carbocycles. The van der Waals surface area contributed by atoms with Crippen molar-refractivity contribution in [2.75, 3.05) is 19.6 Å². The minimum absolute atomic E-state index is 0.0484. The molecule has 118 valence electrons. The molecule has 0 radical (unpaired) electrons. The van der Waals surface area contributed by atoms with Gasteiger partial charge in [-0.15, -0.1) is 0 Å². The molecule has 2 heterocycles. The number of hydrogen-bond donors (Lipinski definition) is 2. The topological polar surface area (TPSA) is 104 Å². The average molecular weight is 297 g/mol. The van der Waals surface area contributed by atoms with Crippen LogP contribution in [0.1, 0.15) is 26.7 Å². The summed E-state index contributed by atoms with van der Waals surface area (Å²) in [6.07, 6.45) is 1.44. The van der Waals surface area contributed by atoms with Gasteiger partial charge in [0.2, 0.25) is 5.91 Å². The standard InChI is InChI=1S/C14H23N3O4/c1-8-5-16(7-11(8)13(19)20)14(21)17-6-10(12(15)18)4-3-9(17)2/h8-11H,3-7H2,1-2H3,(H2,15,18)(H,19,20)/t8-,9?,10?,11-/m1/s1. The Bertz CT molecular complexity index is 454. The molecule has 0 spiro atoms. The van der Waals surface area contributed by atoms with Crippen LogP contribution in [0.5, 0.6) is 0 Å². The van der Waals surface area contributed by atoms with E-state index in [0.717, 1.165) is 6.42 Å². The van der Waals surface area contributed by atoms with Crippen LogP contribution in [0.3, 0.4) is 0 Å². The van der Waals surface area contributed by atoms with Gasteiger partial charge in [0.05, 0.1) is 11.8 Å². The summed E-state index contributed by atoms with van der Waals surface area (Å²) in [4.78, 5) is 38.3. The number of likely N-dealkylation sites (tertiary alicyclic amines) is 2. The number of hydrogen-bond acceptors (Lipinski definition) is 3. The lowest BCUT2D eigenvalue weighted by Gasteiger charge is -2.39. The van der Waals surface area contributed by atoms with Gasteiger partial charge in [0.1, 0.15) is 0 Å². The molecule has 4 atom stereocenters. The van der Waals surface area contributed by atoms with Gasteiger partial charge in [0.25, 0.3) is 0 Å². The summed E-state index contributed by atoms with van der Waals surface area (Å²) in [5, 5.41) is 9.15. The Morgan fingerprint density at radius 3 is 2.29 bits per heavy atom. The molecule has 7 nitrogen and oxygen atoms in total. The molecule has 0 aromatic rings. The van der Waals surface area contributed by atoms with Crippen LogP contribution < -0.4 is 5.73 Å². The number of piperidine rings is 1. The normalized spacial score (nSPS) is 33.0. The first-order chi connectivity index (χ1) is 9.81. The zero-order chi connectivity index (χ0) is 15.7. The van der Waals surface area contributed by atoms with Crippen molar-refractivity contribution in [3.05, 3.63) is 0 Å². The summed E-state index contributed by atoms with van der Waals surface area (Å²) in [6, 6.07) is -0.128. The molecular weight excluding hydrogens is 274 g/mol. The van der Waals surface area contributed by atoms with Gasteiger partial charge in [0.15, 0.2) is 0 Å². The number of carboxylic acids is 1. The Morgan fingerprint density at radius 2 is 1.76 bits per heavy atom. The summed E-state index contributed by atoms with van der Waals surface area (Å²) in [6.45, 7) is 4.80. The molecule has 2 fully saturated rings. The lowest BCUT2D eigenvalue weighted by atomic mass is 9.93. The monoisotopic (exact) mass is 297 g/mol. The first kappa shape index (κ1) is 15.6. The number of carbonyl (C=O) groups is 3. The maximum absolute atomic E-state index is 12.6. The minimum atomic E-state index is -0.862. The van der Waals surface area contributed by atoms with Crippen molar-refractivity contribution >= 4 is 17.9 Å². The van der Waals surface area contributed by atoms with E-state index in [4.69, 9.17) is 10.8 Å². The minimum Gasteiger partial charge on any atom is -0.481 e. The van der Waals surface area contributed by atoms with E-state index < -0.39 is 11.9 Å². The highest BCUT2D eigenvalue weighted by Crippen LogP contribution is 2.28. The first-order valence-electron chi connectivity index (χ1n) is 7.39. The number of amides is 3. The van der Waals surface area contributed by atoms with Crippen LogP contribution >= 0.6 is 0 Å². The number of nitrogens with zero attached hydrogens (tertiary/aromatic N) is 2.